The average molecular weight is 425 g/mol. The number of anilines is 1. The molecule has 1 aromatic rings. The van der Waals surface area contributed by atoms with E-state index in [4.69, 9.17) is 0 Å². The van der Waals surface area contributed by atoms with Crippen LogP contribution in [0.2, 0.25) is 0 Å². The van der Waals surface area contributed by atoms with E-state index in [0.29, 0.717) is 18.0 Å². The Kier molecular flexibility index (Phi) is 5.58. The van der Waals surface area contributed by atoms with Crippen LogP contribution in [0, 0.1) is 23.2 Å². The van der Waals surface area contributed by atoms with Crippen LogP contribution < -0.4 is 15.1 Å². The van der Waals surface area contributed by atoms with Gasteiger partial charge in [-0.1, -0.05) is 0 Å². The van der Waals surface area contributed by atoms with Crippen molar-refractivity contribution in [2.24, 2.45) is 23.2 Å². The van der Waals surface area contributed by atoms with E-state index in [9.17, 15) is 9.59 Å². The number of carbonyl (C=O) groups excluding carboxylic acids is 2. The van der Waals surface area contributed by atoms with Crippen molar-refractivity contribution in [1.82, 2.24) is 5.32 Å². The van der Waals surface area contributed by atoms with E-state index in [2.05, 4.69) is 17.1 Å². The van der Waals surface area contributed by atoms with Gasteiger partial charge in [0.2, 0.25) is 0 Å². The molecule has 1 saturated heterocycles. The highest BCUT2D eigenvalue weighted by atomic mass is 16.2. The first-order valence-electron chi connectivity index (χ1n) is 12.4. The van der Waals surface area contributed by atoms with Crippen molar-refractivity contribution in [3.8, 4) is 0 Å². The molecule has 4 bridgehead atoms. The predicted octanol–water partition coefficient (Wildman–Crippen LogP) is 2.32. The Bertz CT molecular complexity index is 790. The highest BCUT2D eigenvalue weighted by Gasteiger charge is 2.53. The quantitative estimate of drug-likeness (QED) is 0.689. The van der Waals surface area contributed by atoms with Crippen molar-refractivity contribution in [3.05, 3.63) is 29.8 Å². The lowest BCUT2D eigenvalue weighted by Gasteiger charge is -2.59. The molecule has 1 atom stereocenters. The summed E-state index contributed by atoms with van der Waals surface area (Å²) in [7, 11) is 0. The van der Waals surface area contributed by atoms with E-state index < -0.39 is 0 Å². The van der Waals surface area contributed by atoms with Crippen molar-refractivity contribution < 1.29 is 14.5 Å². The number of nitrogens with zero attached hydrogens (tertiary/aromatic N) is 1. The fourth-order valence-electron chi connectivity index (χ4n) is 7.55. The maximum atomic E-state index is 12.9. The molecule has 5 nitrogen and oxygen atoms in total. The van der Waals surface area contributed by atoms with Gasteiger partial charge in [-0.3, -0.25) is 9.59 Å². The number of piperazine rings is 1. The van der Waals surface area contributed by atoms with Crippen molar-refractivity contribution in [1.29, 1.82) is 0 Å². The summed E-state index contributed by atoms with van der Waals surface area (Å²) in [5.74, 6) is 3.11. The maximum absolute atomic E-state index is 12.9. The SMILES string of the molecule is CC(=O)c1ccc(N2CC[NH+](CC(=O)N[C@@H](C)C34CC5CC(CC(C5)C3)C4)CC2)cc1. The second-order valence-corrected chi connectivity index (χ2v) is 11.1. The Hall–Kier alpha value is -1.88. The minimum absolute atomic E-state index is 0.106. The standard InChI is InChI=1S/C26H37N3O2/c1-18(30)23-3-5-24(6-4-23)29-9-7-28(8-10-29)17-25(31)27-19(2)26-14-20-11-21(15-26)13-22(12-20)16-26/h3-6,19-22H,7-17H2,1-2H3,(H,27,31)/p+1/t19-,20?,21?,22?,26?/m0/s1. The van der Waals surface area contributed by atoms with Crippen molar-refractivity contribution in [3.63, 3.8) is 0 Å². The molecular formula is C26H38N3O2+. The van der Waals surface area contributed by atoms with Crippen LogP contribution in [0.5, 0.6) is 0 Å². The second kappa shape index (κ2) is 8.23. The molecule has 31 heavy (non-hydrogen) atoms. The van der Waals surface area contributed by atoms with Crippen LogP contribution in [0.25, 0.3) is 0 Å². The number of hydrogen-bond donors (Lipinski definition) is 2. The molecule has 4 saturated carbocycles. The number of Topliss-reactive ketones (excluding diaryl/α,β-unsaturated/α-hetero) is 1. The van der Waals surface area contributed by atoms with Gasteiger partial charge in [-0.2, -0.15) is 0 Å². The molecule has 2 N–H and O–H groups in total. The molecule has 1 amide bonds. The molecular weight excluding hydrogens is 386 g/mol. The largest absolute Gasteiger partial charge is 0.360 e. The molecule has 168 valence electrons. The van der Waals surface area contributed by atoms with Crippen molar-refractivity contribution in [2.75, 3.05) is 37.6 Å². The first-order valence-corrected chi connectivity index (χ1v) is 12.4. The molecule has 1 heterocycles. The summed E-state index contributed by atoms with van der Waals surface area (Å²) in [6.07, 6.45) is 8.38. The molecule has 1 aromatic carbocycles. The van der Waals surface area contributed by atoms with E-state index in [0.717, 1.165) is 49.5 Å². The van der Waals surface area contributed by atoms with Gasteiger partial charge in [0, 0.05) is 17.3 Å². The van der Waals surface area contributed by atoms with Gasteiger partial charge in [0.1, 0.15) is 0 Å². The number of rotatable bonds is 6. The maximum Gasteiger partial charge on any atom is 0.275 e. The number of carbonyl (C=O) groups is 2. The Morgan fingerprint density at radius 1 is 1.03 bits per heavy atom. The zero-order chi connectivity index (χ0) is 21.6. The summed E-state index contributed by atoms with van der Waals surface area (Å²) in [6, 6.07) is 8.23. The van der Waals surface area contributed by atoms with Gasteiger partial charge in [-0.25, -0.2) is 0 Å². The molecule has 0 radical (unpaired) electrons. The minimum atomic E-state index is 0.106. The zero-order valence-corrected chi connectivity index (χ0v) is 19.2. The number of quaternary nitrogens is 1. The van der Waals surface area contributed by atoms with E-state index in [1.807, 2.05) is 24.3 Å². The Labute approximate surface area is 186 Å². The Morgan fingerprint density at radius 2 is 1.58 bits per heavy atom. The summed E-state index contributed by atoms with van der Waals surface area (Å²) in [4.78, 5) is 28.1. The first kappa shape index (κ1) is 21.0. The summed E-state index contributed by atoms with van der Waals surface area (Å²) < 4.78 is 0. The third-order valence-corrected chi connectivity index (χ3v) is 8.90. The van der Waals surface area contributed by atoms with E-state index in [1.54, 1.807) is 6.92 Å². The first-order chi connectivity index (χ1) is 14.9. The normalized spacial score (nSPS) is 33.4. The fraction of sp³-hybridized carbons (Fsp3) is 0.692. The summed E-state index contributed by atoms with van der Waals surface area (Å²) in [6.45, 7) is 8.34. The number of nitrogens with one attached hydrogen (secondary N) is 2. The summed E-state index contributed by atoms with van der Waals surface area (Å²) in [5, 5.41) is 3.44. The highest BCUT2D eigenvalue weighted by molar-refractivity contribution is 5.94. The monoisotopic (exact) mass is 424 g/mol. The van der Waals surface area contributed by atoms with Gasteiger partial charge in [-0.05, 0) is 99.8 Å². The molecule has 5 aliphatic rings. The van der Waals surface area contributed by atoms with Crippen molar-refractivity contribution >= 4 is 17.4 Å². The van der Waals surface area contributed by atoms with E-state index in [1.165, 1.54) is 49.1 Å². The minimum Gasteiger partial charge on any atom is -0.360 e. The summed E-state index contributed by atoms with van der Waals surface area (Å²) in [5.41, 5.74) is 2.31. The summed E-state index contributed by atoms with van der Waals surface area (Å²) >= 11 is 0. The lowest BCUT2D eigenvalue weighted by atomic mass is 9.48. The van der Waals surface area contributed by atoms with E-state index in [-0.39, 0.29) is 11.7 Å². The lowest BCUT2D eigenvalue weighted by Crippen LogP contribution is -3.16. The van der Waals surface area contributed by atoms with Gasteiger partial charge >= 0.3 is 0 Å². The number of amides is 1. The van der Waals surface area contributed by atoms with Crippen LogP contribution in [-0.4, -0.2) is 50.5 Å². The van der Waals surface area contributed by atoms with Gasteiger partial charge in [0.25, 0.3) is 5.91 Å². The van der Waals surface area contributed by atoms with Crippen molar-refractivity contribution in [2.45, 2.75) is 58.4 Å². The highest BCUT2D eigenvalue weighted by Crippen LogP contribution is 2.61. The van der Waals surface area contributed by atoms with Gasteiger partial charge in [0.15, 0.2) is 12.3 Å². The third-order valence-electron chi connectivity index (χ3n) is 8.90. The molecule has 5 heteroatoms. The fourth-order valence-corrected chi connectivity index (χ4v) is 7.55. The van der Waals surface area contributed by atoms with Crippen LogP contribution in [0.1, 0.15) is 62.7 Å². The van der Waals surface area contributed by atoms with E-state index >= 15 is 0 Å². The Morgan fingerprint density at radius 3 is 2.10 bits per heavy atom. The lowest BCUT2D eigenvalue weighted by molar-refractivity contribution is -0.892. The van der Waals surface area contributed by atoms with Crippen LogP contribution in [-0.2, 0) is 4.79 Å². The van der Waals surface area contributed by atoms with Gasteiger partial charge in [-0.15, -0.1) is 0 Å². The van der Waals surface area contributed by atoms with Gasteiger partial charge < -0.3 is 15.1 Å². The second-order valence-electron chi connectivity index (χ2n) is 11.1. The zero-order valence-electron chi connectivity index (χ0n) is 19.2. The van der Waals surface area contributed by atoms with Crippen LogP contribution >= 0.6 is 0 Å². The molecule has 5 fully saturated rings. The molecule has 0 aromatic heterocycles. The molecule has 1 aliphatic heterocycles. The van der Waals surface area contributed by atoms with Gasteiger partial charge in [0.05, 0.1) is 26.2 Å². The molecule has 0 unspecified atom stereocenters. The smallest absolute Gasteiger partial charge is 0.275 e. The van der Waals surface area contributed by atoms with Crippen LogP contribution in [0.3, 0.4) is 0 Å². The predicted molar refractivity (Wildman–Crippen MR) is 122 cm³/mol. The molecule has 6 rings (SSSR count). The average Bonchev–Trinajstić information content (AvgIpc) is 2.73. The number of hydrogen-bond acceptors (Lipinski definition) is 3. The van der Waals surface area contributed by atoms with Crippen LogP contribution in [0.15, 0.2) is 24.3 Å². The van der Waals surface area contributed by atoms with Crippen LogP contribution in [0.4, 0.5) is 5.69 Å². The molecule has 4 aliphatic carbocycles. The molecule has 0 spiro atoms. The topological polar surface area (TPSA) is 53.9 Å². The number of benzene rings is 1. The Balaban J connectivity index is 1.11. The number of ketones is 1. The third kappa shape index (κ3) is 4.26.